The van der Waals surface area contributed by atoms with Crippen LogP contribution in [0, 0.1) is 16.2 Å². The van der Waals surface area contributed by atoms with Gasteiger partial charge < -0.3 is 0 Å². The van der Waals surface area contributed by atoms with E-state index in [2.05, 4.69) is 0 Å². The summed E-state index contributed by atoms with van der Waals surface area (Å²) in [5, 5.41) is 0. The molecule has 2 fully saturated rings. The van der Waals surface area contributed by atoms with E-state index in [4.69, 9.17) is 0 Å². The van der Waals surface area contributed by atoms with Gasteiger partial charge in [0.15, 0.2) is 0 Å². The molecule has 1 aliphatic heterocycles. The predicted octanol–water partition coefficient (Wildman–Crippen LogP) is 5.77. The quantitative estimate of drug-likeness (QED) is 0.335. The van der Waals surface area contributed by atoms with Crippen LogP contribution in [0.25, 0.3) is 0 Å². The van der Waals surface area contributed by atoms with Crippen LogP contribution in [0.2, 0.25) is 0 Å². The minimum atomic E-state index is -3.39. The van der Waals surface area contributed by atoms with Crippen LogP contribution in [-0.2, 0) is 0 Å². The van der Waals surface area contributed by atoms with E-state index in [-0.39, 0.29) is 12.8 Å². The number of halogens is 10. The van der Waals surface area contributed by atoms with Crippen molar-refractivity contribution in [1.29, 1.82) is 0 Å². The summed E-state index contributed by atoms with van der Waals surface area (Å²) in [5.41, 5.74) is -16.1. The number of rotatable bonds is 11. The van der Waals surface area contributed by atoms with E-state index in [1.165, 1.54) is 0 Å². The molecule has 190 valence electrons. The molecule has 0 aromatic heterocycles. The Bertz CT molecular complexity index is 539. The minimum absolute atomic E-state index is 0.0883. The topological polar surface area (TPSA) is 3.24 Å². The number of likely N-dealkylation sites (tertiary alicyclic amines) is 1. The van der Waals surface area contributed by atoms with Crippen molar-refractivity contribution in [1.82, 2.24) is 4.90 Å². The standard InChI is InChI=1S/C21H31F10N/c22-6-17(7-23)18(8-24,9-25)20(12-28,13-29)32(16-4-2-1-3-5-16)21(14-30,15-31)19(17,10-26)11-27/h16H,1-15H2. The van der Waals surface area contributed by atoms with Crippen LogP contribution in [0.5, 0.6) is 0 Å². The highest BCUT2D eigenvalue weighted by Crippen LogP contribution is 2.70. The molecule has 0 aromatic carbocycles. The van der Waals surface area contributed by atoms with Gasteiger partial charge in [0.25, 0.3) is 0 Å². The van der Waals surface area contributed by atoms with Gasteiger partial charge in [0.05, 0.1) is 40.7 Å². The van der Waals surface area contributed by atoms with Crippen LogP contribution in [0.15, 0.2) is 0 Å². The molecule has 0 unspecified atom stereocenters. The van der Waals surface area contributed by atoms with Gasteiger partial charge in [-0.15, -0.1) is 0 Å². The van der Waals surface area contributed by atoms with Crippen molar-refractivity contribution in [3.05, 3.63) is 0 Å². The van der Waals surface area contributed by atoms with Gasteiger partial charge in [-0.1, -0.05) is 19.3 Å². The molecule has 0 amide bonds. The number of hydrogen-bond donors (Lipinski definition) is 0. The number of hydrogen-bond acceptors (Lipinski definition) is 1. The van der Waals surface area contributed by atoms with Gasteiger partial charge >= 0.3 is 0 Å². The van der Waals surface area contributed by atoms with Gasteiger partial charge in [-0.05, 0) is 12.8 Å². The van der Waals surface area contributed by atoms with Crippen molar-refractivity contribution in [2.24, 2.45) is 16.2 Å². The lowest BCUT2D eigenvalue weighted by Gasteiger charge is -2.75. The molecular weight excluding hydrogens is 456 g/mol. The molecule has 2 aliphatic rings. The second-order valence-electron chi connectivity index (χ2n) is 9.31. The molecule has 0 radical (unpaired) electrons. The Kier molecular flexibility index (Phi) is 8.81. The van der Waals surface area contributed by atoms with Crippen LogP contribution >= 0.6 is 0 Å². The molecule has 11 heteroatoms. The first-order chi connectivity index (χ1) is 15.3. The van der Waals surface area contributed by atoms with Crippen molar-refractivity contribution in [2.75, 3.05) is 66.7 Å². The maximum atomic E-state index is 14.8. The Morgan fingerprint density at radius 2 is 0.750 bits per heavy atom. The maximum absolute atomic E-state index is 14.8. The second kappa shape index (κ2) is 10.3. The van der Waals surface area contributed by atoms with Crippen molar-refractivity contribution in [3.8, 4) is 0 Å². The molecule has 0 bridgehead atoms. The molecule has 1 saturated carbocycles. The van der Waals surface area contributed by atoms with Crippen molar-refractivity contribution in [3.63, 3.8) is 0 Å². The first-order valence-electron chi connectivity index (χ1n) is 10.7. The Morgan fingerprint density at radius 1 is 0.438 bits per heavy atom. The summed E-state index contributed by atoms with van der Waals surface area (Å²) in [6, 6.07) is -1.09. The lowest BCUT2D eigenvalue weighted by atomic mass is 9.38. The first kappa shape index (κ1) is 27.5. The average molecular weight is 487 g/mol. The molecule has 1 heterocycles. The molecule has 1 aliphatic carbocycles. The largest absolute Gasteiger partial charge is 0.278 e. The lowest BCUT2D eigenvalue weighted by Crippen LogP contribution is -2.90. The minimum Gasteiger partial charge on any atom is -0.278 e. The third-order valence-electron chi connectivity index (χ3n) is 8.73. The summed E-state index contributed by atoms with van der Waals surface area (Å²) in [5.74, 6) is 0. The van der Waals surface area contributed by atoms with E-state index < -0.39 is 100 Å². The molecule has 0 aromatic rings. The van der Waals surface area contributed by atoms with E-state index in [0.29, 0.717) is 24.2 Å². The summed E-state index contributed by atoms with van der Waals surface area (Å²) >= 11 is 0. The fourth-order valence-electron chi connectivity index (χ4n) is 6.73. The van der Waals surface area contributed by atoms with E-state index in [1.807, 2.05) is 0 Å². The molecular formula is C21H31F10N. The molecule has 1 saturated heterocycles. The summed E-state index contributed by atoms with van der Waals surface area (Å²) < 4.78 is 147. The average Bonchev–Trinajstić information content (AvgIpc) is 2.86. The van der Waals surface area contributed by atoms with Crippen molar-refractivity contribution < 1.29 is 43.9 Å². The summed E-state index contributed by atoms with van der Waals surface area (Å²) in [7, 11) is 0. The van der Waals surface area contributed by atoms with E-state index >= 15 is 0 Å². The number of alkyl halides is 10. The van der Waals surface area contributed by atoms with Crippen LogP contribution in [0.4, 0.5) is 43.9 Å². The molecule has 0 N–H and O–H groups in total. The third kappa shape index (κ3) is 2.93. The fraction of sp³-hybridized carbons (Fsp3) is 1.00. The number of piperidine rings is 1. The van der Waals surface area contributed by atoms with Gasteiger partial charge in [0, 0.05) is 6.04 Å². The van der Waals surface area contributed by atoms with E-state index in [9.17, 15) is 43.9 Å². The van der Waals surface area contributed by atoms with Crippen molar-refractivity contribution >= 4 is 0 Å². The molecule has 32 heavy (non-hydrogen) atoms. The van der Waals surface area contributed by atoms with Gasteiger partial charge in [0.2, 0.25) is 0 Å². The van der Waals surface area contributed by atoms with Gasteiger partial charge in [-0.3, -0.25) is 31.2 Å². The Balaban J connectivity index is 3.12. The highest BCUT2D eigenvalue weighted by atomic mass is 19.2. The molecule has 2 rings (SSSR count). The Hall–Kier alpha value is -0.740. The highest BCUT2D eigenvalue weighted by Gasteiger charge is 2.84. The molecule has 0 atom stereocenters. The van der Waals surface area contributed by atoms with Gasteiger partial charge in [-0.25, -0.2) is 17.6 Å². The monoisotopic (exact) mass is 487 g/mol. The van der Waals surface area contributed by atoms with Crippen LogP contribution < -0.4 is 0 Å². The molecule has 0 spiro atoms. The normalized spacial score (nSPS) is 26.8. The fourth-order valence-corrected chi connectivity index (χ4v) is 6.73. The lowest BCUT2D eigenvalue weighted by molar-refractivity contribution is -0.341. The SMILES string of the molecule is FCC1(CF)N(C2CCCCC2)C(CF)(CF)C(CF)(CF)C(CF)(CF)C1(CF)CF. The Labute approximate surface area is 181 Å². The maximum Gasteiger partial charge on any atom is 0.111 e. The second-order valence-corrected chi connectivity index (χ2v) is 9.31. The van der Waals surface area contributed by atoms with E-state index in [1.54, 1.807) is 0 Å². The highest BCUT2D eigenvalue weighted by molar-refractivity contribution is 5.31. The predicted molar refractivity (Wildman–Crippen MR) is 101 cm³/mol. The van der Waals surface area contributed by atoms with Crippen LogP contribution in [0.1, 0.15) is 32.1 Å². The third-order valence-corrected chi connectivity index (χ3v) is 8.73. The summed E-state index contributed by atoms with van der Waals surface area (Å²) in [6.07, 6.45) is 1.70. The smallest absolute Gasteiger partial charge is 0.111 e. The summed E-state index contributed by atoms with van der Waals surface area (Å²) in [6.45, 7) is -20.4. The summed E-state index contributed by atoms with van der Waals surface area (Å²) in [4.78, 5) is 0.543. The zero-order chi connectivity index (χ0) is 24.3. The number of nitrogens with zero attached hydrogens (tertiary/aromatic N) is 1. The van der Waals surface area contributed by atoms with Gasteiger partial charge in [-0.2, -0.15) is 0 Å². The van der Waals surface area contributed by atoms with Crippen LogP contribution in [0.3, 0.4) is 0 Å². The zero-order valence-corrected chi connectivity index (χ0v) is 17.9. The Morgan fingerprint density at radius 3 is 1.00 bits per heavy atom. The van der Waals surface area contributed by atoms with Crippen LogP contribution in [-0.4, -0.2) is 88.8 Å². The zero-order valence-electron chi connectivity index (χ0n) is 17.9. The van der Waals surface area contributed by atoms with Crippen molar-refractivity contribution in [2.45, 2.75) is 49.2 Å². The van der Waals surface area contributed by atoms with Gasteiger partial charge in [0.1, 0.15) is 53.4 Å². The van der Waals surface area contributed by atoms with E-state index in [0.717, 1.165) is 0 Å². The first-order valence-corrected chi connectivity index (χ1v) is 10.7. The molecule has 1 nitrogen and oxygen atoms in total.